The highest BCUT2D eigenvalue weighted by Crippen LogP contribution is 2.38. The molecule has 0 fully saturated rings. The number of nitrogens with zero attached hydrogens (tertiary/aromatic N) is 1. The predicted molar refractivity (Wildman–Crippen MR) is 233 cm³/mol. The van der Waals surface area contributed by atoms with Crippen molar-refractivity contribution in [3.05, 3.63) is 24.3 Å². The highest BCUT2D eigenvalue weighted by Gasteiger charge is 2.24. The molecule has 8 nitrogen and oxygen atoms in total. The highest BCUT2D eigenvalue weighted by molar-refractivity contribution is 7.45. The van der Waals surface area contributed by atoms with Gasteiger partial charge in [-0.25, -0.2) is 0 Å². The number of unbranched alkanes of at least 4 members (excludes halogenated alkanes) is 25. The molecule has 0 aromatic rings. The Morgan fingerprint density at radius 3 is 1.51 bits per heavy atom. The van der Waals surface area contributed by atoms with E-state index in [2.05, 4.69) is 43.5 Å². The van der Waals surface area contributed by atoms with Crippen LogP contribution < -0.4 is 10.2 Å². The van der Waals surface area contributed by atoms with E-state index in [1.54, 1.807) is 0 Å². The molecule has 1 amide bonds. The molecule has 0 saturated heterocycles. The van der Waals surface area contributed by atoms with Crippen molar-refractivity contribution in [3.63, 3.8) is 0 Å². The lowest BCUT2D eigenvalue weighted by Gasteiger charge is -2.30. The van der Waals surface area contributed by atoms with Crippen molar-refractivity contribution in [2.75, 3.05) is 40.9 Å². The van der Waals surface area contributed by atoms with Crippen LogP contribution in [0.15, 0.2) is 24.3 Å². The van der Waals surface area contributed by atoms with E-state index in [1.807, 2.05) is 21.1 Å². The molecule has 0 aromatic carbocycles. The molecule has 0 aliphatic rings. The molecular weight excluding hydrogens is 707 g/mol. The number of amides is 1. The predicted octanol–water partition coefficient (Wildman–Crippen LogP) is 12.3. The van der Waals surface area contributed by atoms with Gasteiger partial charge in [0.25, 0.3) is 7.82 Å². The third-order valence-corrected chi connectivity index (χ3v) is 11.4. The first-order valence-corrected chi connectivity index (χ1v) is 24.6. The number of likely N-dealkylation sites (N-methyl/N-ethyl adjacent to an activating group) is 1. The van der Waals surface area contributed by atoms with Gasteiger partial charge in [-0.3, -0.25) is 9.36 Å². The van der Waals surface area contributed by atoms with Gasteiger partial charge in [-0.15, -0.1) is 0 Å². The molecule has 0 bridgehead atoms. The highest BCUT2D eigenvalue weighted by atomic mass is 31.2. The fourth-order valence-electron chi connectivity index (χ4n) is 6.72. The minimum absolute atomic E-state index is 0.0126. The second kappa shape index (κ2) is 38.5. The van der Waals surface area contributed by atoms with Gasteiger partial charge in [0.05, 0.1) is 39.9 Å². The number of rotatable bonds is 42. The molecule has 55 heavy (non-hydrogen) atoms. The fourth-order valence-corrected chi connectivity index (χ4v) is 7.44. The monoisotopic (exact) mass is 799 g/mol. The zero-order chi connectivity index (χ0) is 40.7. The zero-order valence-corrected chi connectivity index (χ0v) is 37.8. The summed E-state index contributed by atoms with van der Waals surface area (Å²) in [6, 6.07) is -0.796. The standard InChI is InChI=1S/C46H91N2O6P/c1-6-8-10-12-14-16-17-18-19-20-21-22-23-24-25-26-27-28-29-30-31-32-34-36-38-40-46(50)47-44(43-54-55(51,52)53-42-41-48(3,4)5)45(49)39-37-35-33-15-13-11-9-7-2/h17-18,20-21,44-45,49H,6-16,19,22-43H2,1-5H3,(H-,47,50,51,52)/b18-17-,21-20-. The van der Waals surface area contributed by atoms with Gasteiger partial charge >= 0.3 is 0 Å². The van der Waals surface area contributed by atoms with E-state index in [9.17, 15) is 19.4 Å². The number of carbonyl (C=O) groups excluding carboxylic acids is 1. The van der Waals surface area contributed by atoms with Crippen LogP contribution >= 0.6 is 7.82 Å². The van der Waals surface area contributed by atoms with E-state index in [1.165, 1.54) is 141 Å². The molecule has 0 rings (SSSR count). The van der Waals surface area contributed by atoms with E-state index in [-0.39, 0.29) is 19.1 Å². The van der Waals surface area contributed by atoms with Gasteiger partial charge in [0.1, 0.15) is 13.2 Å². The van der Waals surface area contributed by atoms with Crippen molar-refractivity contribution >= 4 is 13.7 Å². The van der Waals surface area contributed by atoms with Crippen molar-refractivity contribution in [3.8, 4) is 0 Å². The lowest BCUT2D eigenvalue weighted by Crippen LogP contribution is -2.46. The Morgan fingerprint density at radius 2 is 1.05 bits per heavy atom. The maximum Gasteiger partial charge on any atom is 0.268 e. The van der Waals surface area contributed by atoms with Crippen LogP contribution in [0.3, 0.4) is 0 Å². The Hall–Kier alpha value is -1.02. The zero-order valence-electron chi connectivity index (χ0n) is 36.9. The number of phosphoric ester groups is 1. The van der Waals surface area contributed by atoms with Gasteiger partial charge in [0, 0.05) is 6.42 Å². The van der Waals surface area contributed by atoms with E-state index in [0.29, 0.717) is 23.9 Å². The molecule has 0 spiro atoms. The number of nitrogens with one attached hydrogen (secondary N) is 1. The van der Waals surface area contributed by atoms with Gasteiger partial charge < -0.3 is 28.8 Å². The Bertz CT molecular complexity index is 953. The van der Waals surface area contributed by atoms with Gasteiger partial charge in [0.2, 0.25) is 5.91 Å². The molecule has 0 aliphatic heterocycles. The summed E-state index contributed by atoms with van der Waals surface area (Å²) in [7, 11) is 1.30. The minimum Gasteiger partial charge on any atom is -0.756 e. The third-order valence-electron chi connectivity index (χ3n) is 10.4. The van der Waals surface area contributed by atoms with Crippen LogP contribution in [0.1, 0.15) is 213 Å². The molecule has 0 radical (unpaired) electrons. The SMILES string of the molecule is CCCCCCC/C=C\C/C=C\CCCCCCCCCCCCCCCC(=O)NC(COP(=O)([O-])OCC[N+](C)(C)C)C(O)CCCCCCCCCC. The molecule has 0 saturated carbocycles. The Morgan fingerprint density at radius 1 is 0.636 bits per heavy atom. The molecular formula is C46H91N2O6P. The maximum absolute atomic E-state index is 12.8. The Labute approximate surface area is 341 Å². The number of allylic oxidation sites excluding steroid dienone is 4. The van der Waals surface area contributed by atoms with Gasteiger partial charge in [-0.1, -0.05) is 186 Å². The molecule has 3 unspecified atom stereocenters. The molecule has 3 atom stereocenters. The third kappa shape index (κ3) is 41.0. The van der Waals surface area contributed by atoms with Crippen molar-refractivity contribution < 1.29 is 32.9 Å². The van der Waals surface area contributed by atoms with Gasteiger partial charge in [-0.2, -0.15) is 0 Å². The first-order valence-electron chi connectivity index (χ1n) is 23.2. The summed E-state index contributed by atoms with van der Waals surface area (Å²) in [5, 5.41) is 13.8. The Kier molecular flexibility index (Phi) is 37.8. The lowest BCUT2D eigenvalue weighted by molar-refractivity contribution is -0.870. The molecule has 2 N–H and O–H groups in total. The van der Waals surface area contributed by atoms with Crippen LogP contribution in [0, 0.1) is 0 Å². The van der Waals surface area contributed by atoms with Crippen LogP contribution in [-0.2, 0) is 18.4 Å². The van der Waals surface area contributed by atoms with Crippen molar-refractivity contribution in [2.24, 2.45) is 0 Å². The number of quaternary nitrogens is 1. The number of phosphoric acid groups is 1. The van der Waals surface area contributed by atoms with Crippen LogP contribution in [0.25, 0.3) is 0 Å². The smallest absolute Gasteiger partial charge is 0.268 e. The molecule has 9 heteroatoms. The fraction of sp³-hybridized carbons (Fsp3) is 0.891. The summed E-state index contributed by atoms with van der Waals surface area (Å²) in [6.45, 7) is 4.67. The second-order valence-corrected chi connectivity index (χ2v) is 18.5. The summed E-state index contributed by atoms with van der Waals surface area (Å²) in [6.07, 6.45) is 44.9. The number of carbonyl (C=O) groups is 1. The molecule has 0 heterocycles. The second-order valence-electron chi connectivity index (χ2n) is 17.1. The van der Waals surface area contributed by atoms with Crippen molar-refractivity contribution in [1.29, 1.82) is 0 Å². The summed E-state index contributed by atoms with van der Waals surface area (Å²) >= 11 is 0. The quantitative estimate of drug-likeness (QED) is 0.0276. The molecule has 0 aliphatic carbocycles. The van der Waals surface area contributed by atoms with Gasteiger partial charge in [-0.05, 0) is 44.9 Å². The van der Waals surface area contributed by atoms with Crippen molar-refractivity contribution in [1.82, 2.24) is 5.32 Å². The lowest BCUT2D eigenvalue weighted by atomic mass is 10.0. The van der Waals surface area contributed by atoms with Crippen LogP contribution in [0.4, 0.5) is 0 Å². The van der Waals surface area contributed by atoms with Crippen LogP contribution in [0.2, 0.25) is 0 Å². The average molecular weight is 799 g/mol. The first kappa shape index (κ1) is 54.0. The summed E-state index contributed by atoms with van der Waals surface area (Å²) in [5.41, 5.74) is 0. The van der Waals surface area contributed by atoms with E-state index in [0.717, 1.165) is 44.9 Å². The van der Waals surface area contributed by atoms with E-state index < -0.39 is 20.0 Å². The molecule has 326 valence electrons. The van der Waals surface area contributed by atoms with E-state index in [4.69, 9.17) is 9.05 Å². The summed E-state index contributed by atoms with van der Waals surface area (Å²) < 4.78 is 23.2. The van der Waals surface area contributed by atoms with Crippen molar-refractivity contribution in [2.45, 2.75) is 225 Å². The largest absolute Gasteiger partial charge is 0.756 e. The van der Waals surface area contributed by atoms with Crippen LogP contribution in [0.5, 0.6) is 0 Å². The summed E-state index contributed by atoms with van der Waals surface area (Å²) in [4.78, 5) is 25.2. The Balaban J connectivity index is 4.08. The normalized spacial score (nSPS) is 14.5. The number of hydrogen-bond acceptors (Lipinski definition) is 6. The summed E-state index contributed by atoms with van der Waals surface area (Å²) in [5.74, 6) is -0.168. The number of aliphatic hydroxyl groups is 1. The minimum atomic E-state index is -4.55. The topological polar surface area (TPSA) is 108 Å². The van der Waals surface area contributed by atoms with Crippen LogP contribution in [-0.4, -0.2) is 68.5 Å². The van der Waals surface area contributed by atoms with E-state index >= 15 is 0 Å². The maximum atomic E-state index is 12.8. The molecule has 0 aromatic heterocycles. The first-order chi connectivity index (χ1) is 26.5. The average Bonchev–Trinajstić information content (AvgIpc) is 3.13. The van der Waals surface area contributed by atoms with Gasteiger partial charge in [0.15, 0.2) is 0 Å². The number of hydrogen-bond donors (Lipinski definition) is 2. The number of aliphatic hydroxyl groups excluding tert-OH is 1.